The number of aryl methyl sites for hydroxylation is 1. The average Bonchev–Trinajstić information content (AvgIpc) is 2.57. The van der Waals surface area contributed by atoms with Crippen LogP contribution in [0.2, 0.25) is 0 Å². The first-order valence-electron chi connectivity index (χ1n) is 4.82. The van der Waals surface area contributed by atoms with Crippen LogP contribution in [0.1, 0.15) is 23.0 Å². The molecule has 0 aliphatic heterocycles. The predicted molar refractivity (Wildman–Crippen MR) is 55.7 cm³/mol. The summed E-state index contributed by atoms with van der Waals surface area (Å²) in [7, 11) is 0. The number of aromatic nitrogens is 3. The molecule has 5 nitrogen and oxygen atoms in total. The highest BCUT2D eigenvalue weighted by atomic mass is 16.1. The van der Waals surface area contributed by atoms with Crippen molar-refractivity contribution in [3.63, 3.8) is 0 Å². The third kappa shape index (κ3) is 1.56. The minimum Gasteiger partial charge on any atom is -0.351 e. The molecule has 1 amide bonds. The van der Waals surface area contributed by atoms with Gasteiger partial charge in [-0.15, -0.1) is 0 Å². The summed E-state index contributed by atoms with van der Waals surface area (Å²) in [5, 5.41) is 6.89. The Kier molecular flexibility index (Phi) is 2.37. The lowest BCUT2D eigenvalue weighted by Gasteiger charge is -1.97. The molecule has 0 saturated heterocycles. The molecule has 0 bridgehead atoms. The molecule has 0 aliphatic carbocycles. The minimum absolute atomic E-state index is 0.152. The van der Waals surface area contributed by atoms with E-state index < -0.39 is 0 Å². The summed E-state index contributed by atoms with van der Waals surface area (Å²) in [4.78, 5) is 15.8. The molecule has 2 rings (SSSR count). The van der Waals surface area contributed by atoms with Gasteiger partial charge in [0, 0.05) is 24.5 Å². The van der Waals surface area contributed by atoms with Crippen LogP contribution in [0.3, 0.4) is 0 Å². The molecule has 0 unspecified atom stereocenters. The van der Waals surface area contributed by atoms with Gasteiger partial charge in [0.05, 0.1) is 0 Å². The third-order valence-electron chi connectivity index (χ3n) is 2.18. The van der Waals surface area contributed by atoms with Crippen LogP contribution in [0.5, 0.6) is 0 Å². The van der Waals surface area contributed by atoms with Crippen molar-refractivity contribution in [3.8, 4) is 0 Å². The predicted octanol–water partition coefficient (Wildman–Crippen LogP) is 0.787. The van der Waals surface area contributed by atoms with Crippen molar-refractivity contribution in [2.45, 2.75) is 13.8 Å². The van der Waals surface area contributed by atoms with E-state index in [4.69, 9.17) is 0 Å². The van der Waals surface area contributed by atoms with Gasteiger partial charge in [0.15, 0.2) is 11.3 Å². The second-order valence-corrected chi connectivity index (χ2v) is 3.22. The average molecular weight is 204 g/mol. The minimum atomic E-state index is -0.152. The van der Waals surface area contributed by atoms with Gasteiger partial charge in [0.25, 0.3) is 5.91 Å². The topological polar surface area (TPSA) is 59.3 Å². The number of nitrogens with one attached hydrogen (secondary N) is 1. The van der Waals surface area contributed by atoms with E-state index in [1.54, 1.807) is 23.0 Å². The Hall–Kier alpha value is -1.91. The smallest absolute Gasteiger partial charge is 0.272 e. The van der Waals surface area contributed by atoms with Gasteiger partial charge < -0.3 is 5.32 Å². The Morgan fingerprint density at radius 1 is 1.60 bits per heavy atom. The SMILES string of the molecule is CCNC(=O)c1nn2cccnc2c1C. The number of carbonyl (C=O) groups excluding carboxylic acids is 1. The molecule has 0 spiro atoms. The van der Waals surface area contributed by atoms with Crippen LogP contribution in [0.4, 0.5) is 0 Å². The molecule has 0 atom stereocenters. The zero-order valence-corrected chi connectivity index (χ0v) is 8.69. The Morgan fingerprint density at radius 2 is 2.40 bits per heavy atom. The summed E-state index contributed by atoms with van der Waals surface area (Å²) in [6.07, 6.45) is 3.46. The summed E-state index contributed by atoms with van der Waals surface area (Å²) in [5.74, 6) is -0.152. The van der Waals surface area contributed by atoms with Gasteiger partial charge in [-0.2, -0.15) is 5.10 Å². The fraction of sp³-hybridized carbons (Fsp3) is 0.300. The van der Waals surface area contributed by atoms with Gasteiger partial charge in [0.1, 0.15) is 0 Å². The zero-order valence-electron chi connectivity index (χ0n) is 8.69. The van der Waals surface area contributed by atoms with E-state index in [9.17, 15) is 4.79 Å². The Balaban J connectivity index is 2.53. The van der Waals surface area contributed by atoms with Crippen molar-refractivity contribution in [1.29, 1.82) is 0 Å². The van der Waals surface area contributed by atoms with E-state index in [2.05, 4.69) is 15.4 Å². The van der Waals surface area contributed by atoms with Crippen LogP contribution in [-0.4, -0.2) is 27.0 Å². The molecule has 2 heterocycles. The van der Waals surface area contributed by atoms with Gasteiger partial charge in [-0.05, 0) is 19.9 Å². The van der Waals surface area contributed by atoms with Crippen LogP contribution >= 0.6 is 0 Å². The highest BCUT2D eigenvalue weighted by Crippen LogP contribution is 2.11. The van der Waals surface area contributed by atoms with Crippen molar-refractivity contribution in [2.75, 3.05) is 6.54 Å². The molecular formula is C10H12N4O. The Morgan fingerprint density at radius 3 is 3.07 bits per heavy atom. The molecule has 2 aromatic heterocycles. The monoisotopic (exact) mass is 204 g/mol. The zero-order chi connectivity index (χ0) is 10.8. The summed E-state index contributed by atoms with van der Waals surface area (Å²) in [6.45, 7) is 4.32. The van der Waals surface area contributed by atoms with E-state index in [1.807, 2.05) is 13.8 Å². The number of hydrogen-bond donors (Lipinski definition) is 1. The van der Waals surface area contributed by atoms with E-state index in [-0.39, 0.29) is 5.91 Å². The first-order valence-corrected chi connectivity index (χ1v) is 4.82. The maximum absolute atomic E-state index is 11.6. The first-order chi connectivity index (χ1) is 7.24. The summed E-state index contributed by atoms with van der Waals surface area (Å²) < 4.78 is 1.61. The summed E-state index contributed by atoms with van der Waals surface area (Å²) >= 11 is 0. The van der Waals surface area contributed by atoms with Crippen LogP contribution in [0.25, 0.3) is 5.65 Å². The van der Waals surface area contributed by atoms with Crippen LogP contribution in [0, 0.1) is 6.92 Å². The maximum atomic E-state index is 11.6. The fourth-order valence-corrected chi connectivity index (χ4v) is 1.46. The summed E-state index contributed by atoms with van der Waals surface area (Å²) in [5.41, 5.74) is 1.97. The standard InChI is InChI=1S/C10H12N4O/c1-3-11-10(15)8-7(2)9-12-5-4-6-14(9)13-8/h4-6H,3H2,1-2H3,(H,11,15). The molecule has 2 aromatic rings. The van der Waals surface area contributed by atoms with Crippen molar-refractivity contribution in [3.05, 3.63) is 29.7 Å². The molecule has 0 aliphatic rings. The van der Waals surface area contributed by atoms with Gasteiger partial charge >= 0.3 is 0 Å². The van der Waals surface area contributed by atoms with Crippen molar-refractivity contribution >= 4 is 11.6 Å². The molecule has 15 heavy (non-hydrogen) atoms. The largest absolute Gasteiger partial charge is 0.351 e. The molecule has 78 valence electrons. The first kappa shape index (κ1) is 9.64. The quantitative estimate of drug-likeness (QED) is 0.786. The van der Waals surface area contributed by atoms with E-state index in [1.165, 1.54) is 0 Å². The van der Waals surface area contributed by atoms with Crippen LogP contribution in [0.15, 0.2) is 18.5 Å². The number of amides is 1. The van der Waals surface area contributed by atoms with E-state index >= 15 is 0 Å². The lowest BCUT2D eigenvalue weighted by molar-refractivity contribution is 0.0950. The molecular weight excluding hydrogens is 192 g/mol. The second-order valence-electron chi connectivity index (χ2n) is 3.22. The van der Waals surface area contributed by atoms with Crippen LogP contribution < -0.4 is 5.32 Å². The number of carbonyl (C=O) groups is 1. The molecule has 1 N–H and O–H groups in total. The third-order valence-corrected chi connectivity index (χ3v) is 2.18. The normalized spacial score (nSPS) is 10.5. The molecule has 0 aromatic carbocycles. The number of rotatable bonds is 2. The van der Waals surface area contributed by atoms with E-state index in [0.29, 0.717) is 12.2 Å². The lowest BCUT2D eigenvalue weighted by atomic mass is 10.2. The van der Waals surface area contributed by atoms with Gasteiger partial charge in [0.2, 0.25) is 0 Å². The molecule has 0 radical (unpaired) electrons. The van der Waals surface area contributed by atoms with Crippen molar-refractivity contribution in [2.24, 2.45) is 0 Å². The summed E-state index contributed by atoms with van der Waals surface area (Å²) in [6, 6.07) is 1.78. The second kappa shape index (κ2) is 3.68. The molecule has 5 heteroatoms. The number of hydrogen-bond acceptors (Lipinski definition) is 3. The highest BCUT2D eigenvalue weighted by molar-refractivity contribution is 5.95. The van der Waals surface area contributed by atoms with Gasteiger partial charge in [-0.3, -0.25) is 4.79 Å². The lowest BCUT2D eigenvalue weighted by Crippen LogP contribution is -2.23. The Labute approximate surface area is 87.1 Å². The number of fused-ring (bicyclic) bond motifs is 1. The molecule has 0 saturated carbocycles. The Bertz CT molecular complexity index is 503. The maximum Gasteiger partial charge on any atom is 0.272 e. The van der Waals surface area contributed by atoms with Gasteiger partial charge in [-0.25, -0.2) is 9.50 Å². The van der Waals surface area contributed by atoms with Crippen molar-refractivity contribution in [1.82, 2.24) is 19.9 Å². The fourth-order valence-electron chi connectivity index (χ4n) is 1.46. The van der Waals surface area contributed by atoms with E-state index in [0.717, 1.165) is 11.2 Å². The number of nitrogens with zero attached hydrogens (tertiary/aromatic N) is 3. The highest BCUT2D eigenvalue weighted by Gasteiger charge is 2.15. The van der Waals surface area contributed by atoms with Gasteiger partial charge in [-0.1, -0.05) is 0 Å². The van der Waals surface area contributed by atoms with Crippen molar-refractivity contribution < 1.29 is 4.79 Å². The van der Waals surface area contributed by atoms with Crippen LogP contribution in [-0.2, 0) is 0 Å². The molecule has 0 fully saturated rings.